The maximum Gasteiger partial charge on any atom is 0.397 e. The maximum absolute atomic E-state index is 12.2. The molecule has 0 unspecified atom stereocenters. The van der Waals surface area contributed by atoms with Crippen LogP contribution in [0.1, 0.15) is 12.8 Å². The fraction of sp³-hybridized carbons (Fsp3) is 1.00. The van der Waals surface area contributed by atoms with Crippen LogP contribution in [0.15, 0.2) is 0 Å². The Hall–Kier alpha value is -0.290. The standard InChI is InChI=1S/C6H8F3NO/c7-6(8,9)4-1-5(10,2-4)11-3-4/h1-3,10H2. The smallest absolute Gasteiger partial charge is 0.360 e. The zero-order valence-corrected chi connectivity index (χ0v) is 5.74. The molecule has 64 valence electrons. The van der Waals surface area contributed by atoms with Gasteiger partial charge in [0.1, 0.15) is 5.72 Å². The van der Waals surface area contributed by atoms with E-state index in [1.165, 1.54) is 0 Å². The van der Waals surface area contributed by atoms with Gasteiger partial charge in [-0.25, -0.2) is 0 Å². The summed E-state index contributed by atoms with van der Waals surface area (Å²) < 4.78 is 41.5. The second kappa shape index (κ2) is 1.56. The van der Waals surface area contributed by atoms with Gasteiger partial charge in [0.15, 0.2) is 0 Å². The van der Waals surface area contributed by atoms with Crippen molar-refractivity contribution < 1.29 is 17.9 Å². The van der Waals surface area contributed by atoms with Crippen molar-refractivity contribution in [2.75, 3.05) is 6.61 Å². The fourth-order valence-corrected chi connectivity index (χ4v) is 1.86. The number of nitrogens with two attached hydrogens (primary N) is 1. The van der Waals surface area contributed by atoms with E-state index in [1.807, 2.05) is 0 Å². The van der Waals surface area contributed by atoms with E-state index in [9.17, 15) is 13.2 Å². The molecule has 2 N–H and O–H groups in total. The van der Waals surface area contributed by atoms with Gasteiger partial charge >= 0.3 is 6.18 Å². The van der Waals surface area contributed by atoms with Gasteiger partial charge in [-0.05, 0) is 0 Å². The van der Waals surface area contributed by atoms with E-state index in [-0.39, 0.29) is 19.4 Å². The molecule has 2 saturated heterocycles. The van der Waals surface area contributed by atoms with Crippen LogP contribution in [0.5, 0.6) is 0 Å². The Morgan fingerprint density at radius 1 is 1.27 bits per heavy atom. The molecule has 0 atom stereocenters. The number of halogens is 3. The Bertz CT molecular complexity index is 194. The average molecular weight is 167 g/mol. The summed E-state index contributed by atoms with van der Waals surface area (Å²) in [5, 5.41) is 0. The zero-order valence-electron chi connectivity index (χ0n) is 5.74. The van der Waals surface area contributed by atoms with Crippen LogP contribution < -0.4 is 5.73 Å². The molecule has 2 aliphatic heterocycles. The first-order valence-electron chi connectivity index (χ1n) is 3.37. The van der Waals surface area contributed by atoms with Gasteiger partial charge in [0.2, 0.25) is 0 Å². The Kier molecular flexibility index (Phi) is 1.05. The zero-order chi connectivity index (χ0) is 8.33. The third-order valence-electron chi connectivity index (χ3n) is 2.51. The van der Waals surface area contributed by atoms with E-state index in [2.05, 4.69) is 0 Å². The third kappa shape index (κ3) is 0.752. The highest BCUT2D eigenvalue weighted by Crippen LogP contribution is 2.62. The highest BCUT2D eigenvalue weighted by molar-refractivity contribution is 5.11. The van der Waals surface area contributed by atoms with Crippen molar-refractivity contribution in [2.45, 2.75) is 24.7 Å². The van der Waals surface area contributed by atoms with Crippen LogP contribution in [-0.4, -0.2) is 18.5 Å². The highest BCUT2D eigenvalue weighted by Gasteiger charge is 2.72. The maximum atomic E-state index is 12.2. The van der Waals surface area contributed by atoms with Crippen molar-refractivity contribution in [3.8, 4) is 0 Å². The molecular formula is C6H8F3NO. The molecule has 1 aliphatic carbocycles. The molecule has 5 heteroatoms. The van der Waals surface area contributed by atoms with Gasteiger partial charge in [-0.1, -0.05) is 0 Å². The first kappa shape index (κ1) is 7.36. The normalized spacial score (nSPS) is 49.1. The molecule has 0 spiro atoms. The van der Waals surface area contributed by atoms with Crippen LogP contribution in [0.4, 0.5) is 13.2 Å². The van der Waals surface area contributed by atoms with E-state index in [0.717, 1.165) is 0 Å². The van der Waals surface area contributed by atoms with Gasteiger partial charge in [0.05, 0.1) is 12.0 Å². The molecule has 2 heterocycles. The van der Waals surface area contributed by atoms with Crippen LogP contribution in [0.3, 0.4) is 0 Å². The van der Waals surface area contributed by atoms with Gasteiger partial charge in [-0.3, -0.25) is 0 Å². The SMILES string of the molecule is NC12CC(C(F)(F)F)(CO1)C2. The minimum absolute atomic E-state index is 0.0660. The first-order valence-corrected chi connectivity index (χ1v) is 3.37. The molecule has 1 saturated carbocycles. The molecule has 3 aliphatic rings. The van der Waals surface area contributed by atoms with Gasteiger partial charge in [0.25, 0.3) is 0 Å². The van der Waals surface area contributed by atoms with Crippen LogP contribution in [0.25, 0.3) is 0 Å². The van der Waals surface area contributed by atoms with Crippen molar-refractivity contribution in [3.05, 3.63) is 0 Å². The number of hydrogen-bond donors (Lipinski definition) is 1. The predicted octanol–water partition coefficient (Wildman–Crippen LogP) is 1.01. The van der Waals surface area contributed by atoms with Crippen molar-refractivity contribution in [1.29, 1.82) is 0 Å². The average Bonchev–Trinajstić information content (AvgIpc) is 2.16. The minimum atomic E-state index is -4.15. The van der Waals surface area contributed by atoms with E-state index >= 15 is 0 Å². The van der Waals surface area contributed by atoms with Gasteiger partial charge in [0, 0.05) is 12.8 Å². The molecular weight excluding hydrogens is 159 g/mol. The first-order chi connectivity index (χ1) is 4.87. The molecule has 0 aromatic rings. The topological polar surface area (TPSA) is 35.2 Å². The van der Waals surface area contributed by atoms with E-state index in [0.29, 0.717) is 0 Å². The van der Waals surface area contributed by atoms with Crippen molar-refractivity contribution in [2.24, 2.45) is 11.1 Å². The molecule has 2 bridgehead atoms. The second-order valence-electron chi connectivity index (χ2n) is 3.49. The second-order valence-corrected chi connectivity index (χ2v) is 3.49. The molecule has 2 nitrogen and oxygen atoms in total. The number of alkyl halides is 3. The molecule has 0 amide bonds. The highest BCUT2D eigenvalue weighted by atomic mass is 19.4. The van der Waals surface area contributed by atoms with Crippen molar-refractivity contribution in [1.82, 2.24) is 0 Å². The Morgan fingerprint density at radius 2 is 1.82 bits per heavy atom. The molecule has 0 aromatic heterocycles. The molecule has 3 rings (SSSR count). The Labute approximate surface area is 61.5 Å². The number of ether oxygens (including phenoxy) is 1. The lowest BCUT2D eigenvalue weighted by molar-refractivity contribution is -0.243. The summed E-state index contributed by atoms with van der Waals surface area (Å²) in [6, 6.07) is 0. The largest absolute Gasteiger partial charge is 0.397 e. The lowest BCUT2D eigenvalue weighted by Gasteiger charge is -2.42. The van der Waals surface area contributed by atoms with Crippen LogP contribution in [-0.2, 0) is 4.74 Å². The summed E-state index contributed by atoms with van der Waals surface area (Å²) in [7, 11) is 0. The summed E-state index contributed by atoms with van der Waals surface area (Å²) in [6.07, 6.45) is -4.28. The summed E-state index contributed by atoms with van der Waals surface area (Å²) in [5.74, 6) is 0. The summed E-state index contributed by atoms with van der Waals surface area (Å²) in [5.41, 5.74) is 2.83. The molecule has 0 radical (unpaired) electrons. The molecule has 0 aromatic carbocycles. The molecule has 3 fully saturated rings. The Morgan fingerprint density at radius 3 is 2.00 bits per heavy atom. The van der Waals surface area contributed by atoms with Gasteiger partial charge < -0.3 is 10.5 Å². The van der Waals surface area contributed by atoms with Crippen molar-refractivity contribution >= 4 is 0 Å². The van der Waals surface area contributed by atoms with E-state index < -0.39 is 17.3 Å². The molecule has 11 heavy (non-hydrogen) atoms. The fourth-order valence-electron chi connectivity index (χ4n) is 1.86. The number of hydrogen-bond acceptors (Lipinski definition) is 2. The van der Waals surface area contributed by atoms with Crippen LogP contribution in [0, 0.1) is 5.41 Å². The van der Waals surface area contributed by atoms with E-state index in [4.69, 9.17) is 10.5 Å². The summed E-state index contributed by atoms with van der Waals surface area (Å²) in [4.78, 5) is 0. The van der Waals surface area contributed by atoms with Gasteiger partial charge in [-0.2, -0.15) is 13.2 Å². The van der Waals surface area contributed by atoms with Crippen LogP contribution >= 0.6 is 0 Å². The quantitative estimate of drug-likeness (QED) is 0.584. The number of rotatable bonds is 0. The Balaban J connectivity index is 2.19. The third-order valence-corrected chi connectivity index (χ3v) is 2.51. The number of fused-ring (bicyclic) bond motifs is 1. The summed E-state index contributed by atoms with van der Waals surface area (Å²) >= 11 is 0. The van der Waals surface area contributed by atoms with Gasteiger partial charge in [-0.15, -0.1) is 0 Å². The summed E-state index contributed by atoms with van der Waals surface area (Å²) in [6.45, 7) is -0.257. The monoisotopic (exact) mass is 167 g/mol. The lowest BCUT2D eigenvalue weighted by atomic mass is 9.66. The minimum Gasteiger partial charge on any atom is -0.360 e. The van der Waals surface area contributed by atoms with E-state index in [1.54, 1.807) is 0 Å². The van der Waals surface area contributed by atoms with Crippen molar-refractivity contribution in [3.63, 3.8) is 0 Å². The van der Waals surface area contributed by atoms with Crippen LogP contribution in [0.2, 0.25) is 0 Å². The predicted molar refractivity (Wildman–Crippen MR) is 30.6 cm³/mol. The lowest BCUT2D eigenvalue weighted by Crippen LogP contribution is -2.56.